The number of ketones is 1. The molecule has 1 aromatic rings. The summed E-state index contributed by atoms with van der Waals surface area (Å²) in [5, 5.41) is 4.63. The lowest BCUT2D eigenvalue weighted by Gasteiger charge is -2.04. The number of carbonyl (C=O) groups excluding carboxylic acids is 1. The van der Waals surface area contributed by atoms with Crippen LogP contribution < -0.4 is 0 Å². The molecule has 2 rings (SSSR count). The Morgan fingerprint density at radius 1 is 1.50 bits per heavy atom. The van der Waals surface area contributed by atoms with Crippen LogP contribution in [0.25, 0.3) is 0 Å². The first-order valence-corrected chi connectivity index (χ1v) is 7.26. The van der Waals surface area contributed by atoms with E-state index in [1.165, 1.54) is 32.8 Å². The molecule has 0 aliphatic heterocycles. The molecule has 100 valence electrons. The Morgan fingerprint density at radius 2 is 2.28 bits per heavy atom. The summed E-state index contributed by atoms with van der Waals surface area (Å²) in [6, 6.07) is 0. The van der Waals surface area contributed by atoms with Gasteiger partial charge in [0.1, 0.15) is 6.61 Å². The van der Waals surface area contributed by atoms with Crippen LogP contribution in [-0.2, 0) is 21.7 Å². The maximum absolute atomic E-state index is 11.3. The van der Waals surface area contributed by atoms with Gasteiger partial charge in [0, 0.05) is 12.4 Å². The van der Waals surface area contributed by atoms with Gasteiger partial charge in [0.05, 0.1) is 12.2 Å². The van der Waals surface area contributed by atoms with Gasteiger partial charge >= 0.3 is 0 Å². The summed E-state index contributed by atoms with van der Waals surface area (Å²) in [6.45, 7) is 0.0918. The Morgan fingerprint density at radius 3 is 3.00 bits per heavy atom. The van der Waals surface area contributed by atoms with E-state index < -0.39 is 0 Å². The Hall–Kier alpha value is -0.880. The van der Waals surface area contributed by atoms with Gasteiger partial charge in [-0.25, -0.2) is 0 Å². The average molecular weight is 270 g/mol. The monoisotopic (exact) mass is 270 g/mol. The fourth-order valence-corrected chi connectivity index (χ4v) is 3.22. The van der Waals surface area contributed by atoms with Crippen LogP contribution >= 0.6 is 11.8 Å². The van der Waals surface area contributed by atoms with Crippen LogP contribution in [0.4, 0.5) is 0 Å². The summed E-state index contributed by atoms with van der Waals surface area (Å²) in [4.78, 5) is 15.5. The Balaban J connectivity index is 1.76. The van der Waals surface area contributed by atoms with Crippen LogP contribution in [0.15, 0.2) is 4.52 Å². The maximum Gasteiger partial charge on any atom is 0.234 e. The van der Waals surface area contributed by atoms with Crippen molar-refractivity contribution in [3.8, 4) is 0 Å². The minimum absolute atomic E-state index is 0.0452. The number of nitrogens with zero attached hydrogens (tertiary/aromatic N) is 2. The highest BCUT2D eigenvalue weighted by atomic mass is 32.2. The third-order valence-electron chi connectivity index (χ3n) is 2.91. The number of thioether (sulfide) groups is 1. The molecule has 1 fully saturated rings. The number of rotatable bonds is 7. The first kappa shape index (κ1) is 13.5. The zero-order valence-electron chi connectivity index (χ0n) is 10.6. The molecule has 5 nitrogen and oxygen atoms in total. The highest BCUT2D eigenvalue weighted by Crippen LogP contribution is 2.30. The summed E-state index contributed by atoms with van der Waals surface area (Å²) in [5.41, 5.74) is 0. The van der Waals surface area contributed by atoms with Crippen molar-refractivity contribution in [2.24, 2.45) is 0 Å². The number of carbonyl (C=O) groups is 1. The quantitative estimate of drug-likeness (QED) is 0.755. The van der Waals surface area contributed by atoms with E-state index in [2.05, 4.69) is 10.1 Å². The van der Waals surface area contributed by atoms with E-state index in [0.29, 0.717) is 11.7 Å². The van der Waals surface area contributed by atoms with Gasteiger partial charge < -0.3 is 9.26 Å². The average Bonchev–Trinajstić information content (AvgIpc) is 2.97. The summed E-state index contributed by atoms with van der Waals surface area (Å²) in [6.07, 6.45) is 5.42. The molecule has 0 unspecified atom stereocenters. The van der Waals surface area contributed by atoms with Crippen LogP contribution in [0.1, 0.15) is 37.4 Å². The number of ether oxygens (including phenoxy) is 1. The van der Waals surface area contributed by atoms with Crippen molar-refractivity contribution in [2.45, 2.75) is 43.1 Å². The maximum atomic E-state index is 11.3. The van der Waals surface area contributed by atoms with Gasteiger partial charge in [-0.1, -0.05) is 18.0 Å². The molecule has 6 heteroatoms. The number of aromatic nitrogens is 2. The van der Waals surface area contributed by atoms with E-state index in [-0.39, 0.29) is 18.8 Å². The molecule has 0 radical (unpaired) electrons. The molecule has 1 saturated carbocycles. The van der Waals surface area contributed by atoms with Gasteiger partial charge in [-0.05, 0) is 12.8 Å². The molecular formula is C12H18N2O3S. The van der Waals surface area contributed by atoms with Crippen molar-refractivity contribution in [3.63, 3.8) is 0 Å². The molecule has 0 spiro atoms. The van der Waals surface area contributed by atoms with Crippen molar-refractivity contribution < 1.29 is 14.1 Å². The molecule has 0 aromatic carbocycles. The van der Waals surface area contributed by atoms with Gasteiger partial charge in [0.2, 0.25) is 5.89 Å². The first-order chi connectivity index (χ1) is 8.78. The Labute approximate surface area is 111 Å². The van der Waals surface area contributed by atoms with Crippen LogP contribution in [-0.4, -0.2) is 34.9 Å². The molecule has 1 aliphatic rings. The van der Waals surface area contributed by atoms with Crippen LogP contribution in [0.3, 0.4) is 0 Å². The molecular weight excluding hydrogens is 252 g/mol. The second-order valence-corrected chi connectivity index (χ2v) is 5.76. The second kappa shape index (κ2) is 6.89. The van der Waals surface area contributed by atoms with Crippen LogP contribution in [0, 0.1) is 0 Å². The van der Waals surface area contributed by atoms with Crippen LogP contribution in [0.2, 0.25) is 0 Å². The lowest BCUT2D eigenvalue weighted by molar-refractivity contribution is -0.122. The molecule has 0 N–H and O–H groups in total. The van der Waals surface area contributed by atoms with Crippen LogP contribution in [0.5, 0.6) is 0 Å². The molecule has 0 saturated heterocycles. The summed E-state index contributed by atoms with van der Waals surface area (Å²) in [7, 11) is 1.50. The zero-order chi connectivity index (χ0) is 12.8. The van der Waals surface area contributed by atoms with E-state index in [1.54, 1.807) is 0 Å². The normalized spacial score (nSPS) is 16.3. The van der Waals surface area contributed by atoms with Gasteiger partial charge in [-0.2, -0.15) is 16.7 Å². The molecule has 1 aliphatic carbocycles. The van der Waals surface area contributed by atoms with Crippen molar-refractivity contribution in [1.29, 1.82) is 0 Å². The van der Waals surface area contributed by atoms with Crippen molar-refractivity contribution in [3.05, 3.63) is 11.7 Å². The SMILES string of the molecule is COCC(=O)Cc1nc(CSC2CCCC2)no1. The molecule has 0 atom stereocenters. The summed E-state index contributed by atoms with van der Waals surface area (Å²) >= 11 is 1.88. The first-order valence-electron chi connectivity index (χ1n) is 6.21. The fourth-order valence-electron chi connectivity index (χ4n) is 2.05. The topological polar surface area (TPSA) is 65.2 Å². The molecule has 0 bridgehead atoms. The zero-order valence-corrected chi connectivity index (χ0v) is 11.4. The Bertz CT molecular complexity index is 388. The van der Waals surface area contributed by atoms with E-state index in [4.69, 9.17) is 9.26 Å². The Kier molecular flexibility index (Phi) is 5.19. The largest absolute Gasteiger partial charge is 0.377 e. The van der Waals surface area contributed by atoms with Gasteiger partial charge in [-0.15, -0.1) is 0 Å². The van der Waals surface area contributed by atoms with E-state index >= 15 is 0 Å². The minimum atomic E-state index is -0.0452. The third kappa shape index (κ3) is 4.10. The smallest absolute Gasteiger partial charge is 0.234 e. The summed E-state index contributed by atoms with van der Waals surface area (Å²) in [5.74, 6) is 1.80. The van der Waals surface area contributed by atoms with Gasteiger partial charge in [-0.3, -0.25) is 4.79 Å². The van der Waals surface area contributed by atoms with Crippen molar-refractivity contribution in [1.82, 2.24) is 10.1 Å². The molecule has 1 heterocycles. The number of hydrogen-bond donors (Lipinski definition) is 0. The molecule has 0 amide bonds. The molecule has 18 heavy (non-hydrogen) atoms. The van der Waals surface area contributed by atoms with Gasteiger partial charge in [0.15, 0.2) is 11.6 Å². The number of Topliss-reactive ketones (excluding diaryl/α,β-unsaturated/α-hetero) is 1. The molecule has 1 aromatic heterocycles. The van der Waals surface area contributed by atoms with Crippen molar-refractivity contribution >= 4 is 17.5 Å². The second-order valence-electron chi connectivity index (χ2n) is 4.47. The summed E-state index contributed by atoms with van der Waals surface area (Å²) < 4.78 is 9.80. The minimum Gasteiger partial charge on any atom is -0.377 e. The van der Waals surface area contributed by atoms with E-state index in [9.17, 15) is 4.79 Å². The lowest BCUT2D eigenvalue weighted by Crippen LogP contribution is -2.09. The van der Waals surface area contributed by atoms with Gasteiger partial charge in [0.25, 0.3) is 0 Å². The predicted octanol–water partition coefficient (Wildman–Crippen LogP) is 2.00. The lowest BCUT2D eigenvalue weighted by atomic mass is 10.3. The van der Waals surface area contributed by atoms with Crippen molar-refractivity contribution in [2.75, 3.05) is 13.7 Å². The van der Waals surface area contributed by atoms with E-state index in [1.807, 2.05) is 11.8 Å². The highest BCUT2D eigenvalue weighted by Gasteiger charge is 2.17. The standard InChI is InChI=1S/C12H18N2O3S/c1-16-7-9(15)6-12-13-11(14-17-12)8-18-10-4-2-3-5-10/h10H,2-8H2,1H3. The highest BCUT2D eigenvalue weighted by molar-refractivity contribution is 7.99. The third-order valence-corrected chi connectivity index (χ3v) is 4.28. The number of hydrogen-bond acceptors (Lipinski definition) is 6. The van der Waals surface area contributed by atoms with E-state index in [0.717, 1.165) is 11.0 Å². The fraction of sp³-hybridized carbons (Fsp3) is 0.750. The predicted molar refractivity (Wildman–Crippen MR) is 68.4 cm³/mol. The number of methoxy groups -OCH3 is 1.